The third kappa shape index (κ3) is 2.99. The molecule has 0 bridgehead atoms. The minimum atomic E-state index is -0.202. The van der Waals surface area contributed by atoms with Crippen LogP contribution in [0.2, 0.25) is 0 Å². The normalized spacial score (nSPS) is 13.4. The molecule has 1 unspecified atom stereocenters. The van der Waals surface area contributed by atoms with Gasteiger partial charge in [0.15, 0.2) is 0 Å². The van der Waals surface area contributed by atoms with E-state index < -0.39 is 0 Å². The van der Waals surface area contributed by atoms with Gasteiger partial charge in [0, 0.05) is 26.1 Å². The molecule has 0 aromatic carbocycles. The van der Waals surface area contributed by atoms with Gasteiger partial charge in [0.2, 0.25) is 0 Å². The van der Waals surface area contributed by atoms with Crippen molar-refractivity contribution in [2.75, 3.05) is 13.1 Å². The molecule has 1 amide bonds. The van der Waals surface area contributed by atoms with Crippen molar-refractivity contribution < 1.29 is 10.0 Å². The summed E-state index contributed by atoms with van der Waals surface area (Å²) in [5.41, 5.74) is 6.03. The van der Waals surface area contributed by atoms with Crippen molar-refractivity contribution in [1.29, 1.82) is 0 Å². The molecule has 1 aromatic heterocycles. The van der Waals surface area contributed by atoms with Gasteiger partial charge in [0.05, 0.1) is 12.5 Å². The van der Waals surface area contributed by atoms with Gasteiger partial charge >= 0.3 is 0 Å². The van der Waals surface area contributed by atoms with E-state index in [0.717, 1.165) is 0 Å². The van der Waals surface area contributed by atoms with E-state index >= 15 is 0 Å². The van der Waals surface area contributed by atoms with E-state index in [1.54, 1.807) is 29.8 Å². The van der Waals surface area contributed by atoms with Crippen LogP contribution in [0.15, 0.2) is 17.7 Å². The Hall–Kier alpha value is -2.05. The molecule has 0 saturated carbocycles. The average molecular weight is 253 g/mol. The van der Waals surface area contributed by atoms with Gasteiger partial charge in [-0.15, -0.1) is 0 Å². The van der Waals surface area contributed by atoms with E-state index in [-0.39, 0.29) is 17.7 Å². The van der Waals surface area contributed by atoms with Crippen LogP contribution in [-0.4, -0.2) is 44.5 Å². The number of rotatable bonds is 5. The monoisotopic (exact) mass is 253 g/mol. The summed E-state index contributed by atoms with van der Waals surface area (Å²) < 4.78 is 1.67. The first-order valence-electron chi connectivity index (χ1n) is 5.74. The highest BCUT2D eigenvalue weighted by Crippen LogP contribution is 2.07. The quantitative estimate of drug-likeness (QED) is 0.340. The molecular weight excluding hydrogens is 234 g/mol. The minimum Gasteiger partial charge on any atom is -0.409 e. The summed E-state index contributed by atoms with van der Waals surface area (Å²) in [6, 6.07) is 0. The molecule has 0 aliphatic heterocycles. The minimum absolute atomic E-state index is 0.116. The maximum atomic E-state index is 12.2. The summed E-state index contributed by atoms with van der Waals surface area (Å²) in [7, 11) is 1.76. The second-order valence-corrected chi connectivity index (χ2v) is 4.16. The second-order valence-electron chi connectivity index (χ2n) is 4.16. The topological polar surface area (TPSA) is 96.7 Å². The largest absolute Gasteiger partial charge is 0.409 e. The number of hydrogen-bond donors (Lipinski definition) is 2. The molecule has 0 fully saturated rings. The van der Waals surface area contributed by atoms with Crippen LogP contribution in [-0.2, 0) is 7.05 Å². The van der Waals surface area contributed by atoms with Gasteiger partial charge in [-0.05, 0) is 6.92 Å². The number of imidazole rings is 1. The Morgan fingerprint density at radius 2 is 2.39 bits per heavy atom. The number of aryl methyl sites for hydroxylation is 1. The van der Waals surface area contributed by atoms with Crippen molar-refractivity contribution in [2.45, 2.75) is 13.8 Å². The Bertz CT molecular complexity index is 440. The fraction of sp³-hybridized carbons (Fsp3) is 0.545. The molecular formula is C11H19N5O2. The summed E-state index contributed by atoms with van der Waals surface area (Å²) in [5, 5.41) is 11.6. The fourth-order valence-corrected chi connectivity index (χ4v) is 1.60. The Morgan fingerprint density at radius 3 is 2.83 bits per heavy atom. The van der Waals surface area contributed by atoms with Crippen molar-refractivity contribution in [1.82, 2.24) is 14.5 Å². The van der Waals surface area contributed by atoms with E-state index in [1.807, 2.05) is 6.92 Å². The summed E-state index contributed by atoms with van der Waals surface area (Å²) in [6.45, 7) is 4.63. The third-order valence-electron chi connectivity index (χ3n) is 2.82. The van der Waals surface area contributed by atoms with Crippen molar-refractivity contribution in [2.24, 2.45) is 23.9 Å². The molecule has 0 spiro atoms. The Labute approximate surface area is 106 Å². The highest BCUT2D eigenvalue weighted by atomic mass is 16.4. The Morgan fingerprint density at radius 1 is 1.72 bits per heavy atom. The molecule has 18 heavy (non-hydrogen) atoms. The number of oxime groups is 1. The van der Waals surface area contributed by atoms with Crippen molar-refractivity contribution in [3.05, 3.63) is 18.2 Å². The van der Waals surface area contributed by atoms with Crippen LogP contribution in [0.1, 0.15) is 24.3 Å². The molecule has 0 aliphatic rings. The van der Waals surface area contributed by atoms with Crippen LogP contribution in [0.3, 0.4) is 0 Å². The standard InChI is InChI=1S/C11H19N5O2/c1-4-16(6-8(2)10(12)14-18)11(17)9-5-13-7-15(9)3/h5,7-8,18H,4,6H2,1-3H3,(H2,12,14). The lowest BCUT2D eigenvalue weighted by Crippen LogP contribution is -2.39. The highest BCUT2D eigenvalue weighted by molar-refractivity contribution is 5.93. The van der Waals surface area contributed by atoms with E-state index in [9.17, 15) is 4.79 Å². The molecule has 7 nitrogen and oxygen atoms in total. The van der Waals surface area contributed by atoms with Crippen molar-refractivity contribution in [3.63, 3.8) is 0 Å². The lowest BCUT2D eigenvalue weighted by Gasteiger charge is -2.23. The lowest BCUT2D eigenvalue weighted by molar-refractivity contribution is 0.0744. The van der Waals surface area contributed by atoms with Crippen molar-refractivity contribution in [3.8, 4) is 0 Å². The van der Waals surface area contributed by atoms with Crippen LogP contribution >= 0.6 is 0 Å². The van der Waals surface area contributed by atoms with E-state index in [4.69, 9.17) is 10.9 Å². The van der Waals surface area contributed by atoms with Gasteiger partial charge in [-0.2, -0.15) is 0 Å². The predicted octanol–water partition coefficient (Wildman–Crippen LogP) is 0.265. The fourth-order valence-electron chi connectivity index (χ4n) is 1.60. The van der Waals surface area contributed by atoms with Crippen LogP contribution < -0.4 is 5.73 Å². The predicted molar refractivity (Wildman–Crippen MR) is 67.4 cm³/mol. The second kappa shape index (κ2) is 6.04. The zero-order chi connectivity index (χ0) is 13.7. The number of carbonyl (C=O) groups excluding carboxylic acids is 1. The first-order valence-corrected chi connectivity index (χ1v) is 5.74. The van der Waals surface area contributed by atoms with E-state index in [2.05, 4.69) is 10.1 Å². The highest BCUT2D eigenvalue weighted by Gasteiger charge is 2.20. The zero-order valence-corrected chi connectivity index (χ0v) is 10.9. The van der Waals surface area contributed by atoms with Crippen LogP contribution in [0.25, 0.3) is 0 Å². The first-order chi connectivity index (χ1) is 8.51. The molecule has 0 saturated heterocycles. The number of aromatic nitrogens is 2. The molecule has 3 N–H and O–H groups in total. The molecule has 1 atom stereocenters. The van der Waals surface area contributed by atoms with Gasteiger partial charge in [-0.25, -0.2) is 4.98 Å². The smallest absolute Gasteiger partial charge is 0.272 e. The third-order valence-corrected chi connectivity index (χ3v) is 2.82. The van der Waals surface area contributed by atoms with Crippen LogP contribution in [0, 0.1) is 5.92 Å². The molecule has 100 valence electrons. The molecule has 1 heterocycles. The average Bonchev–Trinajstić information content (AvgIpc) is 2.79. The molecule has 1 rings (SSSR count). The number of nitrogens with zero attached hydrogens (tertiary/aromatic N) is 4. The Balaban J connectivity index is 2.79. The summed E-state index contributed by atoms with van der Waals surface area (Å²) in [6.07, 6.45) is 3.10. The summed E-state index contributed by atoms with van der Waals surface area (Å²) >= 11 is 0. The van der Waals surface area contributed by atoms with Crippen LogP contribution in [0.4, 0.5) is 0 Å². The zero-order valence-electron chi connectivity index (χ0n) is 10.9. The number of amides is 1. The van der Waals surface area contributed by atoms with Gasteiger partial charge in [0.1, 0.15) is 11.5 Å². The molecule has 0 radical (unpaired) electrons. The number of amidine groups is 1. The van der Waals surface area contributed by atoms with Gasteiger partial charge in [-0.3, -0.25) is 4.79 Å². The summed E-state index contributed by atoms with van der Waals surface area (Å²) in [4.78, 5) is 17.8. The molecule has 1 aromatic rings. The van der Waals surface area contributed by atoms with E-state index in [0.29, 0.717) is 18.8 Å². The number of hydrogen-bond acceptors (Lipinski definition) is 4. The number of carbonyl (C=O) groups is 1. The molecule has 7 heteroatoms. The lowest BCUT2D eigenvalue weighted by atomic mass is 10.1. The van der Waals surface area contributed by atoms with Crippen molar-refractivity contribution >= 4 is 11.7 Å². The van der Waals surface area contributed by atoms with Gasteiger partial charge in [-0.1, -0.05) is 12.1 Å². The number of nitrogens with two attached hydrogens (primary N) is 1. The maximum Gasteiger partial charge on any atom is 0.272 e. The van der Waals surface area contributed by atoms with Crippen LogP contribution in [0.5, 0.6) is 0 Å². The van der Waals surface area contributed by atoms with Gasteiger partial charge in [0.25, 0.3) is 5.91 Å². The maximum absolute atomic E-state index is 12.2. The SMILES string of the molecule is CCN(CC(C)C(N)=NO)C(=O)c1cncn1C. The van der Waals surface area contributed by atoms with Gasteiger partial charge < -0.3 is 20.4 Å². The first kappa shape index (κ1) is 14.0. The summed E-state index contributed by atoms with van der Waals surface area (Å²) in [5.74, 6) is -0.200. The van der Waals surface area contributed by atoms with E-state index in [1.165, 1.54) is 6.20 Å². The molecule has 0 aliphatic carbocycles. The Kier molecular flexibility index (Phi) is 4.70.